The maximum atomic E-state index is 13.0. The molecule has 0 aliphatic carbocycles. The van der Waals surface area contributed by atoms with E-state index in [1.807, 2.05) is 19.1 Å². The first-order chi connectivity index (χ1) is 15.8. The number of nitro groups is 1. The SMILES string of the molecule is Cc1ccccc1NC(=O)CCC(=O)O[C@H](C(=O)c1ccccc1)c1ccc([N+](=O)[O-])cc1. The van der Waals surface area contributed by atoms with Crippen molar-refractivity contribution in [3.05, 3.63) is 106 Å². The van der Waals surface area contributed by atoms with E-state index in [9.17, 15) is 24.5 Å². The minimum atomic E-state index is -1.29. The molecule has 0 heterocycles. The standard InChI is InChI=1S/C25H22N2O6/c1-17-7-5-6-10-21(17)26-22(28)15-16-23(29)33-25(24(30)18-8-3-2-4-9-18)19-11-13-20(14-12-19)27(31)32/h2-14,25H,15-16H2,1H3,(H,26,28)/t25-/m0/s1. The van der Waals surface area contributed by atoms with Gasteiger partial charge in [-0.15, -0.1) is 0 Å². The van der Waals surface area contributed by atoms with Crippen molar-refractivity contribution in [2.75, 3.05) is 5.32 Å². The highest BCUT2D eigenvalue weighted by Gasteiger charge is 2.27. The van der Waals surface area contributed by atoms with E-state index in [1.54, 1.807) is 42.5 Å². The Kier molecular flexibility index (Phi) is 7.64. The highest BCUT2D eigenvalue weighted by molar-refractivity contribution is 6.01. The fourth-order valence-electron chi connectivity index (χ4n) is 3.13. The first-order valence-corrected chi connectivity index (χ1v) is 10.2. The number of non-ortho nitro benzene ring substituents is 1. The number of hydrogen-bond donors (Lipinski definition) is 1. The smallest absolute Gasteiger partial charge is 0.307 e. The van der Waals surface area contributed by atoms with Crippen molar-refractivity contribution < 1.29 is 24.0 Å². The van der Waals surface area contributed by atoms with Crippen molar-refractivity contribution in [2.45, 2.75) is 25.9 Å². The third-order valence-electron chi connectivity index (χ3n) is 4.93. The Morgan fingerprint density at radius 2 is 1.55 bits per heavy atom. The molecule has 0 spiro atoms. The fraction of sp³-hybridized carbons (Fsp3) is 0.160. The number of carbonyl (C=O) groups excluding carboxylic acids is 3. The number of nitro benzene ring substituents is 1. The number of benzene rings is 3. The van der Waals surface area contributed by atoms with Crippen molar-refractivity contribution in [1.29, 1.82) is 0 Å². The Balaban J connectivity index is 1.70. The van der Waals surface area contributed by atoms with Crippen molar-refractivity contribution in [3.8, 4) is 0 Å². The molecule has 0 bridgehead atoms. The third kappa shape index (κ3) is 6.33. The summed E-state index contributed by atoms with van der Waals surface area (Å²) in [6.07, 6.45) is -1.65. The summed E-state index contributed by atoms with van der Waals surface area (Å²) in [5.74, 6) is -1.56. The first-order valence-electron chi connectivity index (χ1n) is 10.2. The van der Waals surface area contributed by atoms with Gasteiger partial charge in [0.25, 0.3) is 5.69 Å². The zero-order valence-electron chi connectivity index (χ0n) is 17.9. The Morgan fingerprint density at radius 3 is 2.18 bits per heavy atom. The zero-order valence-corrected chi connectivity index (χ0v) is 17.9. The van der Waals surface area contributed by atoms with Crippen LogP contribution in [0.15, 0.2) is 78.9 Å². The number of nitrogens with one attached hydrogen (secondary N) is 1. The van der Waals surface area contributed by atoms with E-state index in [2.05, 4.69) is 5.32 Å². The van der Waals surface area contributed by atoms with Gasteiger partial charge in [-0.05, 0) is 30.7 Å². The first kappa shape index (κ1) is 23.3. The summed E-state index contributed by atoms with van der Waals surface area (Å²) in [5, 5.41) is 13.7. The van der Waals surface area contributed by atoms with Crippen LogP contribution in [0.4, 0.5) is 11.4 Å². The van der Waals surface area contributed by atoms with E-state index in [-0.39, 0.29) is 24.4 Å². The lowest BCUT2D eigenvalue weighted by Crippen LogP contribution is -2.21. The number of para-hydroxylation sites is 1. The summed E-state index contributed by atoms with van der Waals surface area (Å²) in [6, 6.07) is 20.8. The van der Waals surface area contributed by atoms with Crippen LogP contribution in [0.2, 0.25) is 0 Å². The number of rotatable bonds is 9. The second-order valence-corrected chi connectivity index (χ2v) is 7.31. The number of amides is 1. The van der Waals surface area contributed by atoms with Gasteiger partial charge in [-0.3, -0.25) is 24.5 Å². The molecule has 8 nitrogen and oxygen atoms in total. The monoisotopic (exact) mass is 446 g/mol. The van der Waals surface area contributed by atoms with E-state index < -0.39 is 22.8 Å². The topological polar surface area (TPSA) is 116 Å². The molecule has 0 aromatic heterocycles. The van der Waals surface area contributed by atoms with E-state index in [0.29, 0.717) is 16.8 Å². The van der Waals surface area contributed by atoms with Gasteiger partial charge >= 0.3 is 5.97 Å². The Labute approximate surface area is 190 Å². The number of hydrogen-bond acceptors (Lipinski definition) is 6. The molecule has 0 saturated heterocycles. The summed E-state index contributed by atoms with van der Waals surface area (Å²) >= 11 is 0. The molecule has 1 amide bonds. The molecule has 1 N–H and O–H groups in total. The number of ether oxygens (including phenoxy) is 1. The zero-order chi connectivity index (χ0) is 23.8. The van der Waals surface area contributed by atoms with E-state index in [0.717, 1.165) is 5.56 Å². The molecule has 0 unspecified atom stereocenters. The normalized spacial score (nSPS) is 11.3. The Bertz CT molecular complexity index is 1160. The molecule has 0 aliphatic heterocycles. The van der Waals surface area contributed by atoms with Crippen molar-refractivity contribution in [3.63, 3.8) is 0 Å². The van der Waals surface area contributed by atoms with Gasteiger partial charge in [0.2, 0.25) is 11.7 Å². The van der Waals surface area contributed by atoms with Gasteiger partial charge < -0.3 is 10.1 Å². The number of anilines is 1. The number of aryl methyl sites for hydroxylation is 1. The summed E-state index contributed by atoms with van der Waals surface area (Å²) in [4.78, 5) is 48.1. The lowest BCUT2D eigenvalue weighted by atomic mass is 9.99. The van der Waals surface area contributed by atoms with Crippen LogP contribution in [-0.2, 0) is 14.3 Å². The molecule has 3 aromatic carbocycles. The highest BCUT2D eigenvalue weighted by Crippen LogP contribution is 2.25. The largest absolute Gasteiger partial charge is 0.449 e. The average Bonchev–Trinajstić information content (AvgIpc) is 2.83. The van der Waals surface area contributed by atoms with Gasteiger partial charge in [-0.1, -0.05) is 48.5 Å². The quantitative estimate of drug-likeness (QED) is 0.219. The molecule has 0 fully saturated rings. The number of esters is 1. The van der Waals surface area contributed by atoms with Crippen molar-refractivity contribution in [2.24, 2.45) is 0 Å². The molecule has 0 radical (unpaired) electrons. The molecule has 0 aliphatic rings. The van der Waals surface area contributed by atoms with Crippen LogP contribution in [0.3, 0.4) is 0 Å². The lowest BCUT2D eigenvalue weighted by Gasteiger charge is -2.17. The van der Waals surface area contributed by atoms with Crippen LogP contribution < -0.4 is 5.32 Å². The second-order valence-electron chi connectivity index (χ2n) is 7.31. The molecule has 3 aromatic rings. The molecule has 3 rings (SSSR count). The Morgan fingerprint density at radius 1 is 0.909 bits per heavy atom. The van der Waals surface area contributed by atoms with Gasteiger partial charge in [0.05, 0.1) is 11.3 Å². The fourth-order valence-corrected chi connectivity index (χ4v) is 3.13. The van der Waals surface area contributed by atoms with Crippen molar-refractivity contribution in [1.82, 2.24) is 0 Å². The van der Waals surface area contributed by atoms with Crippen LogP contribution in [0.25, 0.3) is 0 Å². The van der Waals surface area contributed by atoms with Gasteiger partial charge in [-0.25, -0.2) is 0 Å². The van der Waals surface area contributed by atoms with E-state index in [4.69, 9.17) is 4.74 Å². The summed E-state index contributed by atoms with van der Waals surface area (Å²) < 4.78 is 5.44. The van der Waals surface area contributed by atoms with Crippen LogP contribution in [-0.4, -0.2) is 22.6 Å². The number of nitrogens with zero attached hydrogens (tertiary/aromatic N) is 1. The minimum absolute atomic E-state index is 0.125. The van der Waals surface area contributed by atoms with E-state index in [1.165, 1.54) is 24.3 Å². The number of carbonyl (C=O) groups is 3. The number of Topliss-reactive ketones (excluding diaryl/α,β-unsaturated/α-hetero) is 1. The predicted octanol–water partition coefficient (Wildman–Crippen LogP) is 4.79. The summed E-state index contributed by atoms with van der Waals surface area (Å²) in [7, 11) is 0. The molecular formula is C25H22N2O6. The molecule has 168 valence electrons. The average molecular weight is 446 g/mol. The highest BCUT2D eigenvalue weighted by atomic mass is 16.6. The van der Waals surface area contributed by atoms with Crippen LogP contribution >= 0.6 is 0 Å². The summed E-state index contributed by atoms with van der Waals surface area (Å²) in [6.45, 7) is 1.86. The summed E-state index contributed by atoms with van der Waals surface area (Å²) in [5.41, 5.74) is 2.01. The third-order valence-corrected chi connectivity index (χ3v) is 4.93. The number of ketones is 1. The molecule has 0 saturated carbocycles. The molecule has 33 heavy (non-hydrogen) atoms. The van der Waals surface area contributed by atoms with Crippen LogP contribution in [0.5, 0.6) is 0 Å². The van der Waals surface area contributed by atoms with Crippen LogP contribution in [0, 0.1) is 17.0 Å². The van der Waals surface area contributed by atoms with Crippen molar-refractivity contribution >= 4 is 29.0 Å². The van der Waals surface area contributed by atoms with E-state index >= 15 is 0 Å². The Hall–Kier alpha value is -4.33. The maximum Gasteiger partial charge on any atom is 0.307 e. The van der Waals surface area contributed by atoms with Gasteiger partial charge in [-0.2, -0.15) is 0 Å². The molecule has 8 heteroatoms. The van der Waals surface area contributed by atoms with Gasteiger partial charge in [0, 0.05) is 35.4 Å². The van der Waals surface area contributed by atoms with Crippen LogP contribution in [0.1, 0.15) is 40.4 Å². The molecular weight excluding hydrogens is 424 g/mol. The second kappa shape index (κ2) is 10.8. The predicted molar refractivity (Wildman–Crippen MR) is 122 cm³/mol. The lowest BCUT2D eigenvalue weighted by molar-refractivity contribution is -0.384. The molecule has 1 atom stereocenters. The van der Waals surface area contributed by atoms with Gasteiger partial charge in [0.1, 0.15) is 0 Å². The van der Waals surface area contributed by atoms with Gasteiger partial charge in [0.15, 0.2) is 6.10 Å². The maximum absolute atomic E-state index is 13.0. The minimum Gasteiger partial charge on any atom is -0.449 e.